The fourth-order valence-electron chi connectivity index (χ4n) is 4.16. The summed E-state index contributed by atoms with van der Waals surface area (Å²) in [6.45, 7) is 0.399. The van der Waals surface area contributed by atoms with Crippen molar-refractivity contribution in [1.29, 1.82) is 0 Å². The van der Waals surface area contributed by atoms with Crippen LogP contribution in [0.15, 0.2) is 48.5 Å². The number of benzene rings is 2. The highest BCUT2D eigenvalue weighted by molar-refractivity contribution is 5.79. The molecule has 24 heavy (non-hydrogen) atoms. The number of ether oxygens (including phenoxy) is 1. The standard InChI is InChI=1S/C21H23NO2/c22-20-12-6-5-11-18(20)21(23)24-13-19-16-9-3-1-7-14(16)15-8-2-4-10-17(15)19/h1-4,7-10,18-20H,5-6,11-13,22H2/t18-,20-/m1/s1. The molecular formula is C21H23NO2. The Morgan fingerprint density at radius 2 is 1.54 bits per heavy atom. The van der Waals surface area contributed by atoms with Gasteiger partial charge in [0.05, 0.1) is 5.92 Å². The predicted molar refractivity (Wildman–Crippen MR) is 94.6 cm³/mol. The molecule has 0 radical (unpaired) electrons. The van der Waals surface area contributed by atoms with Crippen LogP contribution in [0.1, 0.15) is 42.7 Å². The summed E-state index contributed by atoms with van der Waals surface area (Å²) in [6.07, 6.45) is 3.98. The largest absolute Gasteiger partial charge is 0.464 e. The highest BCUT2D eigenvalue weighted by Crippen LogP contribution is 2.44. The first-order chi connectivity index (χ1) is 11.8. The lowest BCUT2D eigenvalue weighted by atomic mass is 9.85. The first-order valence-electron chi connectivity index (χ1n) is 8.86. The van der Waals surface area contributed by atoms with Gasteiger partial charge in [-0.1, -0.05) is 61.4 Å². The molecular weight excluding hydrogens is 298 g/mol. The minimum atomic E-state index is -0.134. The van der Waals surface area contributed by atoms with Gasteiger partial charge in [0.1, 0.15) is 6.61 Å². The number of fused-ring (bicyclic) bond motifs is 3. The fourth-order valence-corrected chi connectivity index (χ4v) is 4.16. The molecule has 0 aromatic heterocycles. The zero-order valence-electron chi connectivity index (χ0n) is 13.8. The normalized spacial score (nSPS) is 22.7. The van der Waals surface area contributed by atoms with Gasteiger partial charge in [0.25, 0.3) is 0 Å². The molecule has 0 saturated heterocycles. The molecule has 3 nitrogen and oxygen atoms in total. The summed E-state index contributed by atoms with van der Waals surface area (Å²) < 4.78 is 5.73. The van der Waals surface area contributed by atoms with Gasteiger partial charge in [0.15, 0.2) is 0 Å². The van der Waals surface area contributed by atoms with Crippen molar-refractivity contribution in [2.24, 2.45) is 11.7 Å². The van der Waals surface area contributed by atoms with Crippen LogP contribution in [0, 0.1) is 5.92 Å². The van der Waals surface area contributed by atoms with Crippen LogP contribution in [-0.2, 0) is 9.53 Å². The third-order valence-corrected chi connectivity index (χ3v) is 5.48. The number of carbonyl (C=O) groups is 1. The molecule has 1 saturated carbocycles. The van der Waals surface area contributed by atoms with Gasteiger partial charge < -0.3 is 10.5 Å². The minimum Gasteiger partial charge on any atom is -0.464 e. The first kappa shape index (κ1) is 15.4. The Morgan fingerprint density at radius 1 is 0.958 bits per heavy atom. The van der Waals surface area contributed by atoms with Gasteiger partial charge in [-0.3, -0.25) is 4.79 Å². The molecule has 0 bridgehead atoms. The number of nitrogens with two attached hydrogens (primary N) is 1. The Balaban J connectivity index is 1.53. The van der Waals surface area contributed by atoms with Crippen LogP contribution in [0.4, 0.5) is 0 Å². The van der Waals surface area contributed by atoms with Crippen LogP contribution in [0.25, 0.3) is 11.1 Å². The van der Waals surface area contributed by atoms with Crippen molar-refractivity contribution < 1.29 is 9.53 Å². The second-order valence-corrected chi connectivity index (χ2v) is 6.91. The molecule has 0 heterocycles. The van der Waals surface area contributed by atoms with E-state index in [1.165, 1.54) is 22.3 Å². The minimum absolute atomic E-state index is 0.0469. The van der Waals surface area contributed by atoms with E-state index >= 15 is 0 Å². The maximum absolute atomic E-state index is 12.5. The van der Waals surface area contributed by atoms with Crippen LogP contribution in [0.3, 0.4) is 0 Å². The molecule has 2 aromatic rings. The Hall–Kier alpha value is -2.13. The molecule has 124 valence electrons. The first-order valence-corrected chi connectivity index (χ1v) is 8.86. The van der Waals surface area contributed by atoms with E-state index < -0.39 is 0 Å². The van der Waals surface area contributed by atoms with Gasteiger partial charge in [0.2, 0.25) is 0 Å². The zero-order valence-corrected chi connectivity index (χ0v) is 13.8. The molecule has 1 fully saturated rings. The molecule has 0 amide bonds. The van der Waals surface area contributed by atoms with Crippen molar-refractivity contribution in [3.63, 3.8) is 0 Å². The van der Waals surface area contributed by atoms with E-state index in [0.717, 1.165) is 25.7 Å². The van der Waals surface area contributed by atoms with E-state index in [0.29, 0.717) is 6.61 Å². The predicted octanol–water partition coefficient (Wildman–Crippen LogP) is 3.86. The topological polar surface area (TPSA) is 52.3 Å². The summed E-state index contributed by atoms with van der Waals surface area (Å²) in [6, 6.07) is 16.7. The van der Waals surface area contributed by atoms with Crippen molar-refractivity contribution in [2.75, 3.05) is 6.61 Å². The maximum Gasteiger partial charge on any atom is 0.310 e. The average Bonchev–Trinajstić information content (AvgIpc) is 2.94. The van der Waals surface area contributed by atoms with E-state index in [9.17, 15) is 4.79 Å². The van der Waals surface area contributed by atoms with Gasteiger partial charge in [-0.05, 0) is 35.1 Å². The Kier molecular flexibility index (Phi) is 4.11. The van der Waals surface area contributed by atoms with Gasteiger partial charge in [0, 0.05) is 12.0 Å². The summed E-state index contributed by atoms with van der Waals surface area (Å²) >= 11 is 0. The van der Waals surface area contributed by atoms with Gasteiger partial charge in [-0.2, -0.15) is 0 Å². The molecule has 0 aliphatic heterocycles. The summed E-state index contributed by atoms with van der Waals surface area (Å²) in [5.41, 5.74) is 11.1. The van der Waals surface area contributed by atoms with Crippen LogP contribution >= 0.6 is 0 Å². The molecule has 0 unspecified atom stereocenters. The quantitative estimate of drug-likeness (QED) is 0.873. The molecule has 2 N–H and O–H groups in total. The lowest BCUT2D eigenvalue weighted by molar-refractivity contribution is -0.150. The van der Waals surface area contributed by atoms with Crippen LogP contribution in [-0.4, -0.2) is 18.6 Å². The van der Waals surface area contributed by atoms with Crippen molar-refractivity contribution in [3.05, 3.63) is 59.7 Å². The molecule has 2 aliphatic carbocycles. The molecule has 2 aliphatic rings. The highest BCUT2D eigenvalue weighted by Gasteiger charge is 2.32. The van der Waals surface area contributed by atoms with E-state index in [2.05, 4.69) is 48.5 Å². The number of rotatable bonds is 3. The molecule has 3 heteroatoms. The smallest absolute Gasteiger partial charge is 0.310 e. The lowest BCUT2D eigenvalue weighted by Gasteiger charge is -2.27. The number of hydrogen-bond donors (Lipinski definition) is 1. The van der Waals surface area contributed by atoms with E-state index in [1.54, 1.807) is 0 Å². The number of carbonyl (C=O) groups excluding carboxylic acids is 1. The van der Waals surface area contributed by atoms with E-state index in [1.807, 2.05) is 0 Å². The van der Waals surface area contributed by atoms with Crippen molar-refractivity contribution in [3.8, 4) is 11.1 Å². The van der Waals surface area contributed by atoms with E-state index in [4.69, 9.17) is 10.5 Å². The third kappa shape index (κ3) is 2.63. The van der Waals surface area contributed by atoms with Crippen LogP contribution < -0.4 is 5.73 Å². The number of esters is 1. The average molecular weight is 321 g/mol. The Labute approximate surface area is 142 Å². The van der Waals surface area contributed by atoms with Crippen LogP contribution in [0.5, 0.6) is 0 Å². The molecule has 2 aromatic carbocycles. The maximum atomic E-state index is 12.5. The lowest BCUT2D eigenvalue weighted by Crippen LogP contribution is -2.39. The summed E-state index contributed by atoms with van der Waals surface area (Å²) in [5.74, 6) is -0.129. The van der Waals surface area contributed by atoms with Crippen LogP contribution in [0.2, 0.25) is 0 Å². The monoisotopic (exact) mass is 321 g/mol. The fraction of sp³-hybridized carbons (Fsp3) is 0.381. The van der Waals surface area contributed by atoms with E-state index in [-0.39, 0.29) is 23.8 Å². The van der Waals surface area contributed by atoms with Gasteiger partial charge >= 0.3 is 5.97 Å². The second-order valence-electron chi connectivity index (χ2n) is 6.91. The zero-order chi connectivity index (χ0) is 16.5. The second kappa shape index (κ2) is 6.40. The SMILES string of the molecule is N[C@@H]1CCCC[C@H]1C(=O)OCC1c2ccccc2-c2ccccc21. The van der Waals surface area contributed by atoms with Gasteiger partial charge in [-0.25, -0.2) is 0 Å². The third-order valence-electron chi connectivity index (χ3n) is 5.48. The summed E-state index contributed by atoms with van der Waals surface area (Å²) in [4.78, 5) is 12.5. The number of hydrogen-bond acceptors (Lipinski definition) is 3. The van der Waals surface area contributed by atoms with Gasteiger partial charge in [-0.15, -0.1) is 0 Å². The highest BCUT2D eigenvalue weighted by atomic mass is 16.5. The summed E-state index contributed by atoms with van der Waals surface area (Å²) in [5, 5.41) is 0. The molecule has 0 spiro atoms. The Bertz CT molecular complexity index is 710. The summed E-state index contributed by atoms with van der Waals surface area (Å²) in [7, 11) is 0. The molecule has 4 rings (SSSR count). The van der Waals surface area contributed by atoms with Crippen molar-refractivity contribution in [2.45, 2.75) is 37.6 Å². The van der Waals surface area contributed by atoms with Crippen molar-refractivity contribution in [1.82, 2.24) is 0 Å². The Morgan fingerprint density at radius 3 is 2.17 bits per heavy atom. The molecule has 2 atom stereocenters. The van der Waals surface area contributed by atoms with Crippen molar-refractivity contribution >= 4 is 5.97 Å².